The molecule has 4 nitrogen and oxygen atoms in total. The maximum atomic E-state index is 11.7. The summed E-state index contributed by atoms with van der Waals surface area (Å²) in [5.74, 6) is -0.0406. The number of amides is 1. The molecule has 0 radical (unpaired) electrons. The zero-order valence-electron chi connectivity index (χ0n) is 13.7. The van der Waals surface area contributed by atoms with Crippen LogP contribution in [0.2, 0.25) is 0 Å². The fraction of sp³-hybridized carbons (Fsp3) is 0.316. The molecule has 0 heterocycles. The van der Waals surface area contributed by atoms with Gasteiger partial charge in [-0.2, -0.15) is 0 Å². The molecule has 0 fully saturated rings. The Balaban J connectivity index is 1.93. The van der Waals surface area contributed by atoms with Gasteiger partial charge in [0.2, 0.25) is 0 Å². The van der Waals surface area contributed by atoms with Crippen LogP contribution >= 0.6 is 0 Å². The summed E-state index contributed by atoms with van der Waals surface area (Å²) in [4.78, 5) is 11.7. The van der Waals surface area contributed by atoms with Crippen molar-refractivity contribution in [3.05, 3.63) is 70.8 Å². The van der Waals surface area contributed by atoms with Gasteiger partial charge >= 0.3 is 0 Å². The number of aliphatic hydroxyl groups is 1. The predicted octanol–water partition coefficient (Wildman–Crippen LogP) is 2.78. The van der Waals surface area contributed by atoms with E-state index in [1.165, 1.54) is 0 Å². The van der Waals surface area contributed by atoms with Gasteiger partial charge in [-0.3, -0.25) is 4.79 Å². The van der Waals surface area contributed by atoms with Crippen molar-refractivity contribution in [3.63, 3.8) is 0 Å². The number of hydrogen-bond donors (Lipinski definition) is 3. The zero-order valence-corrected chi connectivity index (χ0v) is 13.7. The van der Waals surface area contributed by atoms with Gasteiger partial charge in [-0.15, -0.1) is 0 Å². The number of carbonyl (C=O) groups excluding carboxylic acids is 1. The van der Waals surface area contributed by atoms with E-state index in [4.69, 9.17) is 0 Å². The van der Waals surface area contributed by atoms with E-state index < -0.39 is 0 Å². The molecule has 1 amide bonds. The summed E-state index contributed by atoms with van der Waals surface area (Å²) in [7, 11) is 0. The van der Waals surface area contributed by atoms with Crippen molar-refractivity contribution < 1.29 is 9.90 Å². The van der Waals surface area contributed by atoms with Gasteiger partial charge in [-0.05, 0) is 42.7 Å². The Kier molecular flexibility index (Phi) is 6.32. The normalized spacial score (nSPS) is 12.0. The lowest BCUT2D eigenvalue weighted by Crippen LogP contribution is -2.22. The molecule has 0 spiro atoms. The number of aliphatic hydroxyl groups excluding tert-OH is 1. The quantitative estimate of drug-likeness (QED) is 0.737. The van der Waals surface area contributed by atoms with Crippen molar-refractivity contribution in [3.8, 4) is 0 Å². The summed E-state index contributed by atoms with van der Waals surface area (Å²) in [6, 6.07) is 15.7. The van der Waals surface area contributed by atoms with Crippen molar-refractivity contribution >= 4 is 5.91 Å². The summed E-state index contributed by atoms with van der Waals surface area (Å²) in [6.07, 6.45) is 0. The molecule has 1 atom stereocenters. The molecule has 0 aliphatic rings. The highest BCUT2D eigenvalue weighted by Crippen LogP contribution is 2.15. The summed E-state index contributed by atoms with van der Waals surface area (Å²) < 4.78 is 0. The highest BCUT2D eigenvalue weighted by Gasteiger charge is 2.07. The molecule has 3 N–H and O–H groups in total. The standard InChI is InChI=1S/C19H24N2O2/c1-3-20-19(23)17-9-7-15(8-10-17)12-21-14(2)18-6-4-5-16(11-18)13-22/h4-11,14,21-22H,3,12-13H2,1-2H3,(H,20,23). The lowest BCUT2D eigenvalue weighted by Gasteiger charge is -2.15. The van der Waals surface area contributed by atoms with Crippen LogP contribution < -0.4 is 10.6 Å². The molecule has 0 aliphatic carbocycles. The van der Waals surface area contributed by atoms with E-state index in [2.05, 4.69) is 23.6 Å². The van der Waals surface area contributed by atoms with Crippen LogP contribution in [-0.4, -0.2) is 17.6 Å². The van der Waals surface area contributed by atoms with Gasteiger partial charge in [0.25, 0.3) is 5.91 Å². The van der Waals surface area contributed by atoms with E-state index in [0.717, 1.165) is 23.2 Å². The summed E-state index contributed by atoms with van der Waals surface area (Å²) in [6.45, 7) is 5.41. The van der Waals surface area contributed by atoms with Crippen molar-refractivity contribution in [1.82, 2.24) is 10.6 Å². The van der Waals surface area contributed by atoms with Crippen LogP contribution in [0.4, 0.5) is 0 Å². The van der Waals surface area contributed by atoms with Gasteiger partial charge in [0.1, 0.15) is 0 Å². The monoisotopic (exact) mass is 312 g/mol. The van der Waals surface area contributed by atoms with E-state index in [-0.39, 0.29) is 18.6 Å². The van der Waals surface area contributed by atoms with Gasteiger partial charge in [0, 0.05) is 24.7 Å². The van der Waals surface area contributed by atoms with E-state index in [1.54, 1.807) is 0 Å². The maximum Gasteiger partial charge on any atom is 0.251 e. The molecule has 2 aromatic carbocycles. The number of hydrogen-bond acceptors (Lipinski definition) is 3. The highest BCUT2D eigenvalue weighted by atomic mass is 16.3. The first-order valence-electron chi connectivity index (χ1n) is 7.94. The van der Waals surface area contributed by atoms with Crippen molar-refractivity contribution in [2.45, 2.75) is 33.0 Å². The Hall–Kier alpha value is -2.17. The zero-order chi connectivity index (χ0) is 16.7. The fourth-order valence-corrected chi connectivity index (χ4v) is 2.39. The molecule has 122 valence electrons. The topological polar surface area (TPSA) is 61.4 Å². The third kappa shape index (κ3) is 4.91. The molecule has 0 saturated heterocycles. The molecule has 4 heteroatoms. The summed E-state index contributed by atoms with van der Waals surface area (Å²) >= 11 is 0. The first-order chi connectivity index (χ1) is 11.1. The van der Waals surface area contributed by atoms with Gasteiger partial charge in [0.15, 0.2) is 0 Å². The van der Waals surface area contributed by atoms with Crippen molar-refractivity contribution in [2.24, 2.45) is 0 Å². The van der Waals surface area contributed by atoms with Crippen LogP contribution in [0, 0.1) is 0 Å². The molecule has 23 heavy (non-hydrogen) atoms. The highest BCUT2D eigenvalue weighted by molar-refractivity contribution is 5.94. The third-order valence-corrected chi connectivity index (χ3v) is 3.80. The number of carbonyl (C=O) groups is 1. The van der Waals surface area contributed by atoms with Crippen LogP contribution in [0.15, 0.2) is 48.5 Å². The van der Waals surface area contributed by atoms with Crippen LogP contribution in [0.5, 0.6) is 0 Å². The van der Waals surface area contributed by atoms with Gasteiger partial charge in [-0.1, -0.05) is 36.4 Å². The van der Waals surface area contributed by atoms with E-state index in [9.17, 15) is 9.90 Å². The van der Waals surface area contributed by atoms with Crippen molar-refractivity contribution in [2.75, 3.05) is 6.54 Å². The molecule has 0 aliphatic heterocycles. The molecule has 2 aromatic rings. The fourth-order valence-electron chi connectivity index (χ4n) is 2.39. The molecule has 0 aromatic heterocycles. The number of rotatable bonds is 7. The minimum atomic E-state index is -0.0406. The lowest BCUT2D eigenvalue weighted by atomic mass is 10.0. The molecule has 2 rings (SSSR count). The first kappa shape index (κ1) is 17.2. The largest absolute Gasteiger partial charge is 0.392 e. The van der Waals surface area contributed by atoms with E-state index in [0.29, 0.717) is 12.1 Å². The van der Waals surface area contributed by atoms with Crippen LogP contribution in [-0.2, 0) is 13.2 Å². The van der Waals surface area contributed by atoms with Crippen molar-refractivity contribution in [1.29, 1.82) is 0 Å². The Morgan fingerprint density at radius 1 is 1.13 bits per heavy atom. The van der Waals surface area contributed by atoms with Crippen LogP contribution in [0.3, 0.4) is 0 Å². The number of benzene rings is 2. The van der Waals surface area contributed by atoms with Gasteiger partial charge in [0.05, 0.1) is 6.61 Å². The van der Waals surface area contributed by atoms with E-state index in [1.807, 2.05) is 49.4 Å². The summed E-state index contributed by atoms with van der Waals surface area (Å²) in [5, 5.41) is 15.5. The van der Waals surface area contributed by atoms with Gasteiger partial charge in [-0.25, -0.2) is 0 Å². The molecule has 0 bridgehead atoms. The molecular weight excluding hydrogens is 288 g/mol. The average Bonchev–Trinajstić information content (AvgIpc) is 2.60. The van der Waals surface area contributed by atoms with Gasteiger partial charge < -0.3 is 15.7 Å². The second-order valence-corrected chi connectivity index (χ2v) is 5.56. The summed E-state index contributed by atoms with van der Waals surface area (Å²) in [5.41, 5.74) is 3.88. The molecular formula is C19H24N2O2. The Bertz CT molecular complexity index is 638. The maximum absolute atomic E-state index is 11.7. The second-order valence-electron chi connectivity index (χ2n) is 5.56. The SMILES string of the molecule is CCNC(=O)c1ccc(CNC(C)c2cccc(CO)c2)cc1. The Morgan fingerprint density at radius 2 is 1.87 bits per heavy atom. The first-order valence-corrected chi connectivity index (χ1v) is 7.94. The van der Waals surface area contributed by atoms with Crippen LogP contribution in [0.25, 0.3) is 0 Å². The minimum absolute atomic E-state index is 0.0406. The second kappa shape index (κ2) is 8.46. The Morgan fingerprint density at radius 3 is 2.52 bits per heavy atom. The Labute approximate surface area is 137 Å². The lowest BCUT2D eigenvalue weighted by molar-refractivity contribution is 0.0956. The van der Waals surface area contributed by atoms with E-state index >= 15 is 0 Å². The third-order valence-electron chi connectivity index (χ3n) is 3.80. The smallest absolute Gasteiger partial charge is 0.251 e. The molecule has 1 unspecified atom stereocenters. The number of nitrogens with one attached hydrogen (secondary N) is 2. The minimum Gasteiger partial charge on any atom is -0.392 e. The molecule has 0 saturated carbocycles. The predicted molar refractivity (Wildman–Crippen MR) is 92.1 cm³/mol. The van der Waals surface area contributed by atoms with Crippen LogP contribution in [0.1, 0.15) is 46.9 Å². The average molecular weight is 312 g/mol.